The number of aromatic nitrogens is 1. The quantitative estimate of drug-likeness (QED) is 0.428. The maximum atomic E-state index is 13.9. The molecule has 0 bridgehead atoms. The van der Waals surface area contributed by atoms with Crippen LogP contribution in [0.1, 0.15) is 64.3 Å². The average Bonchev–Trinajstić information content (AvgIpc) is 3.27. The zero-order chi connectivity index (χ0) is 25.8. The van der Waals surface area contributed by atoms with Gasteiger partial charge in [0.25, 0.3) is 0 Å². The zero-order valence-electron chi connectivity index (χ0n) is 20.7. The number of methoxy groups -OCH3 is 1. The molecule has 36 heavy (non-hydrogen) atoms. The van der Waals surface area contributed by atoms with E-state index in [1.54, 1.807) is 18.3 Å². The lowest BCUT2D eigenvalue weighted by atomic mass is 9.59. The molecule has 2 fully saturated rings. The Kier molecular flexibility index (Phi) is 5.90. The lowest BCUT2D eigenvalue weighted by Gasteiger charge is -2.54. The van der Waals surface area contributed by atoms with Crippen LogP contribution in [-0.4, -0.2) is 46.2 Å². The molecule has 1 saturated heterocycles. The van der Waals surface area contributed by atoms with Gasteiger partial charge in [0.2, 0.25) is 5.92 Å². The molecule has 0 amide bonds. The zero-order valence-corrected chi connectivity index (χ0v) is 20.7. The summed E-state index contributed by atoms with van der Waals surface area (Å²) in [5, 5.41) is 10.5. The van der Waals surface area contributed by atoms with Crippen molar-refractivity contribution in [3.05, 3.63) is 70.4 Å². The number of carbonyl (C=O) groups excluding carboxylic acids is 1. The van der Waals surface area contributed by atoms with Gasteiger partial charge in [-0.3, -0.25) is 9.47 Å². The SMILES string of the molecule is COC(=O)c1ccc([C@@H]2CC3(CCN2Cc2c(C)cc(C)c4c2ccn4C(=O)O)CC(F)(F)C3)cc1. The number of carboxylic acid groups (broad SMARTS) is 1. The van der Waals surface area contributed by atoms with Crippen LogP contribution in [0.5, 0.6) is 0 Å². The number of likely N-dealkylation sites (tertiary alicyclic amines) is 1. The maximum absolute atomic E-state index is 13.9. The predicted octanol–water partition coefficient (Wildman–Crippen LogP) is 6.32. The molecule has 1 aliphatic carbocycles. The lowest BCUT2D eigenvalue weighted by molar-refractivity contribution is -0.186. The van der Waals surface area contributed by atoms with Crippen molar-refractivity contribution in [2.24, 2.45) is 5.41 Å². The largest absolute Gasteiger partial charge is 0.465 e. The minimum atomic E-state index is -2.60. The number of alkyl halides is 2. The summed E-state index contributed by atoms with van der Waals surface area (Å²) in [6, 6.07) is 11.0. The van der Waals surface area contributed by atoms with E-state index >= 15 is 0 Å². The monoisotopic (exact) mass is 496 g/mol. The van der Waals surface area contributed by atoms with Crippen LogP contribution in [0.3, 0.4) is 0 Å². The van der Waals surface area contributed by atoms with Crippen LogP contribution in [0.15, 0.2) is 42.6 Å². The first kappa shape index (κ1) is 24.4. The summed E-state index contributed by atoms with van der Waals surface area (Å²) in [7, 11) is 1.34. The van der Waals surface area contributed by atoms with Gasteiger partial charge in [0.15, 0.2) is 0 Å². The molecule has 2 aromatic carbocycles. The number of carbonyl (C=O) groups is 2. The van der Waals surface area contributed by atoms with Crippen LogP contribution in [0.4, 0.5) is 13.6 Å². The second kappa shape index (κ2) is 8.69. The number of fused-ring (bicyclic) bond motifs is 1. The van der Waals surface area contributed by atoms with E-state index in [-0.39, 0.29) is 24.3 Å². The first-order valence-electron chi connectivity index (χ1n) is 12.2. The van der Waals surface area contributed by atoms with Crippen molar-refractivity contribution in [3.63, 3.8) is 0 Å². The molecule has 1 spiro atoms. The number of hydrogen-bond donors (Lipinski definition) is 1. The van der Waals surface area contributed by atoms with Crippen LogP contribution in [0.2, 0.25) is 0 Å². The van der Waals surface area contributed by atoms with Crippen molar-refractivity contribution in [2.75, 3.05) is 13.7 Å². The van der Waals surface area contributed by atoms with E-state index in [1.165, 1.54) is 11.7 Å². The number of rotatable bonds is 4. The molecule has 8 heteroatoms. The van der Waals surface area contributed by atoms with Gasteiger partial charge < -0.3 is 9.84 Å². The average molecular weight is 497 g/mol. The van der Waals surface area contributed by atoms with Gasteiger partial charge in [-0.25, -0.2) is 18.4 Å². The molecular weight excluding hydrogens is 466 g/mol. The smallest absolute Gasteiger partial charge is 0.416 e. The minimum absolute atomic E-state index is 0.0835. The summed E-state index contributed by atoms with van der Waals surface area (Å²) < 4.78 is 33.9. The highest BCUT2D eigenvalue weighted by Crippen LogP contribution is 2.60. The molecule has 190 valence electrons. The molecule has 0 radical (unpaired) electrons. The van der Waals surface area contributed by atoms with E-state index < -0.39 is 18.0 Å². The van der Waals surface area contributed by atoms with E-state index in [0.29, 0.717) is 37.0 Å². The second-order valence-electron chi connectivity index (χ2n) is 10.5. The summed E-state index contributed by atoms with van der Waals surface area (Å²) in [5.41, 5.74) is 4.72. The highest BCUT2D eigenvalue weighted by Gasteiger charge is 2.58. The van der Waals surface area contributed by atoms with E-state index in [1.807, 2.05) is 38.1 Å². The normalized spacial score (nSPS) is 20.9. The van der Waals surface area contributed by atoms with E-state index in [4.69, 9.17) is 4.74 Å². The summed E-state index contributed by atoms with van der Waals surface area (Å²) >= 11 is 0. The van der Waals surface area contributed by atoms with Crippen LogP contribution in [-0.2, 0) is 11.3 Å². The van der Waals surface area contributed by atoms with Crippen LogP contribution >= 0.6 is 0 Å². The van der Waals surface area contributed by atoms with Gasteiger partial charge in [-0.2, -0.15) is 0 Å². The Bertz CT molecular complexity index is 1340. The van der Waals surface area contributed by atoms with Crippen LogP contribution < -0.4 is 0 Å². The Balaban J connectivity index is 1.51. The summed E-state index contributed by atoms with van der Waals surface area (Å²) in [6.07, 6.45) is 1.69. The number of nitrogens with zero attached hydrogens (tertiary/aromatic N) is 2. The molecule has 6 nitrogen and oxygen atoms in total. The highest BCUT2D eigenvalue weighted by atomic mass is 19.3. The fourth-order valence-electron chi connectivity index (χ4n) is 6.36. The lowest BCUT2D eigenvalue weighted by Crippen LogP contribution is -2.53. The standard InChI is InChI=1S/C28H30F2N2O4/c1-17-12-18(2)24-21(8-10-32(24)26(34)35)22(17)14-31-11-9-27(15-28(29,30)16-27)13-23(31)19-4-6-20(7-5-19)25(33)36-3/h4-8,10,12,23H,9,11,13-16H2,1-3H3,(H,34,35)/t23-/m0/s1. The fraction of sp³-hybridized carbons (Fsp3) is 0.429. The number of aryl methyl sites for hydroxylation is 2. The molecule has 1 aliphatic heterocycles. The van der Waals surface area contributed by atoms with Gasteiger partial charge in [0.05, 0.1) is 18.2 Å². The molecule has 0 unspecified atom stereocenters. The molecule has 2 heterocycles. The van der Waals surface area contributed by atoms with Crippen molar-refractivity contribution in [2.45, 2.75) is 58.0 Å². The number of benzene rings is 2. The van der Waals surface area contributed by atoms with Gasteiger partial charge in [-0.15, -0.1) is 0 Å². The van der Waals surface area contributed by atoms with Crippen molar-refractivity contribution in [1.82, 2.24) is 9.47 Å². The molecule has 1 N–H and O–H groups in total. The fourth-order valence-corrected chi connectivity index (χ4v) is 6.36. The van der Waals surface area contributed by atoms with E-state index in [9.17, 15) is 23.5 Å². The van der Waals surface area contributed by atoms with Crippen LogP contribution in [0.25, 0.3) is 10.9 Å². The van der Waals surface area contributed by atoms with Crippen molar-refractivity contribution >= 4 is 23.0 Å². The molecular formula is C28H30F2N2O4. The molecule has 1 saturated carbocycles. The molecule has 3 aromatic rings. The third-order valence-electron chi connectivity index (χ3n) is 8.04. The summed E-state index contributed by atoms with van der Waals surface area (Å²) in [5.74, 6) is -3.02. The number of hydrogen-bond acceptors (Lipinski definition) is 4. The number of esters is 1. The Hall–Kier alpha value is -3.26. The Morgan fingerprint density at radius 1 is 1.11 bits per heavy atom. The minimum Gasteiger partial charge on any atom is -0.465 e. The number of halogens is 2. The van der Waals surface area contributed by atoms with Crippen molar-refractivity contribution in [1.29, 1.82) is 0 Å². The number of ether oxygens (including phenoxy) is 1. The summed E-state index contributed by atoms with van der Waals surface area (Å²) in [4.78, 5) is 26.0. The first-order valence-corrected chi connectivity index (χ1v) is 12.2. The van der Waals surface area contributed by atoms with Crippen LogP contribution in [0, 0.1) is 19.3 Å². The van der Waals surface area contributed by atoms with Crippen molar-refractivity contribution in [3.8, 4) is 0 Å². The van der Waals surface area contributed by atoms with Gasteiger partial charge in [-0.1, -0.05) is 18.2 Å². The van der Waals surface area contributed by atoms with Gasteiger partial charge in [-0.05, 0) is 79.1 Å². The first-order chi connectivity index (χ1) is 17.0. The Labute approximate surface area is 208 Å². The van der Waals surface area contributed by atoms with E-state index in [2.05, 4.69) is 4.90 Å². The van der Waals surface area contributed by atoms with Gasteiger partial charge in [0.1, 0.15) is 0 Å². The topological polar surface area (TPSA) is 71.8 Å². The second-order valence-corrected chi connectivity index (χ2v) is 10.5. The molecule has 2 aliphatic rings. The molecule has 1 atom stereocenters. The molecule has 5 rings (SSSR count). The molecule has 1 aromatic heterocycles. The Morgan fingerprint density at radius 3 is 2.42 bits per heavy atom. The van der Waals surface area contributed by atoms with E-state index in [0.717, 1.165) is 27.6 Å². The maximum Gasteiger partial charge on any atom is 0.416 e. The third-order valence-corrected chi connectivity index (χ3v) is 8.04. The predicted molar refractivity (Wildman–Crippen MR) is 132 cm³/mol. The Morgan fingerprint density at radius 2 is 1.81 bits per heavy atom. The van der Waals surface area contributed by atoms with Crippen molar-refractivity contribution < 1.29 is 28.2 Å². The number of piperidine rings is 1. The highest BCUT2D eigenvalue weighted by molar-refractivity contribution is 5.93. The van der Waals surface area contributed by atoms with Gasteiger partial charge >= 0.3 is 12.1 Å². The van der Waals surface area contributed by atoms with Gasteiger partial charge in [0, 0.05) is 37.0 Å². The summed E-state index contributed by atoms with van der Waals surface area (Å²) in [6.45, 7) is 5.17. The third kappa shape index (κ3) is 4.17.